The highest BCUT2D eigenvalue weighted by molar-refractivity contribution is 9.10. The van der Waals surface area contributed by atoms with E-state index in [0.717, 1.165) is 36.6 Å². The number of carbonyl (C=O) groups is 2. The van der Waals surface area contributed by atoms with Crippen molar-refractivity contribution in [3.8, 4) is 11.5 Å². The molecule has 0 N–H and O–H groups in total. The number of nitrogens with zero attached hydrogens (tertiary/aromatic N) is 1. The molecule has 2 rings (SSSR count). The van der Waals surface area contributed by atoms with Gasteiger partial charge < -0.3 is 9.47 Å². The van der Waals surface area contributed by atoms with Gasteiger partial charge in [-0.05, 0) is 57.9 Å². The normalized spacial score (nSPS) is 15.7. The van der Waals surface area contributed by atoms with Crippen LogP contribution in [0.1, 0.15) is 31.7 Å². The van der Waals surface area contributed by atoms with E-state index >= 15 is 0 Å². The lowest BCUT2D eigenvalue weighted by molar-refractivity contribution is -0.122. The zero-order valence-corrected chi connectivity index (χ0v) is 17.3. The van der Waals surface area contributed by atoms with Crippen LogP contribution in [-0.2, 0) is 4.79 Å². The third-order valence-electron chi connectivity index (χ3n) is 3.75. The number of carbonyl (C=O) groups excluding carboxylic acids is 2. The van der Waals surface area contributed by atoms with Crippen molar-refractivity contribution >= 4 is 44.9 Å². The standard InChI is InChI=1S/C19H22BrNO4S/c1-4-6-7-8-21-18(22)16(26-19(21)23)12-13-10-14(20)17(25-9-5-2)15(11-13)24-3/h5,10-12H,2,4,6-9H2,1,3H3/b16-12-. The topological polar surface area (TPSA) is 55.8 Å². The number of imide groups is 1. The largest absolute Gasteiger partial charge is 0.493 e. The van der Waals surface area contributed by atoms with Crippen LogP contribution < -0.4 is 9.47 Å². The van der Waals surface area contributed by atoms with Crippen LogP contribution in [0, 0.1) is 0 Å². The molecule has 1 aliphatic rings. The van der Waals surface area contributed by atoms with Crippen LogP contribution in [0.3, 0.4) is 0 Å². The van der Waals surface area contributed by atoms with Crippen LogP contribution in [0.25, 0.3) is 6.08 Å². The minimum atomic E-state index is -0.238. The first-order valence-electron chi connectivity index (χ1n) is 8.38. The molecule has 2 amide bonds. The smallest absolute Gasteiger partial charge is 0.293 e. The summed E-state index contributed by atoms with van der Waals surface area (Å²) in [7, 11) is 1.55. The average molecular weight is 440 g/mol. The van der Waals surface area contributed by atoms with Gasteiger partial charge in [-0.1, -0.05) is 32.4 Å². The Bertz CT molecular complexity index is 732. The summed E-state index contributed by atoms with van der Waals surface area (Å²) in [6.07, 6.45) is 6.22. The van der Waals surface area contributed by atoms with Crippen LogP contribution in [0.5, 0.6) is 11.5 Å². The van der Waals surface area contributed by atoms with Crippen molar-refractivity contribution < 1.29 is 19.1 Å². The number of benzene rings is 1. The third kappa shape index (κ3) is 4.92. The number of halogens is 1. The van der Waals surface area contributed by atoms with Gasteiger partial charge in [-0.25, -0.2) is 0 Å². The molecular formula is C19H22BrNO4S. The molecule has 1 aromatic rings. The van der Waals surface area contributed by atoms with E-state index < -0.39 is 0 Å². The molecule has 1 heterocycles. The molecule has 7 heteroatoms. The summed E-state index contributed by atoms with van der Waals surface area (Å²) in [6, 6.07) is 3.60. The number of thioether (sulfide) groups is 1. The second-order valence-corrected chi connectivity index (χ2v) is 7.52. The Balaban J connectivity index is 2.23. The van der Waals surface area contributed by atoms with Gasteiger partial charge in [-0.15, -0.1) is 0 Å². The number of hydrogen-bond acceptors (Lipinski definition) is 5. The second-order valence-electron chi connectivity index (χ2n) is 5.67. The van der Waals surface area contributed by atoms with Crippen LogP contribution in [-0.4, -0.2) is 36.3 Å². The van der Waals surface area contributed by atoms with Gasteiger partial charge in [0, 0.05) is 6.54 Å². The molecule has 140 valence electrons. The van der Waals surface area contributed by atoms with Crippen molar-refractivity contribution in [1.82, 2.24) is 4.90 Å². The van der Waals surface area contributed by atoms with Crippen molar-refractivity contribution in [2.75, 3.05) is 20.3 Å². The van der Waals surface area contributed by atoms with E-state index in [1.54, 1.807) is 25.3 Å². The van der Waals surface area contributed by atoms with E-state index in [4.69, 9.17) is 9.47 Å². The van der Waals surface area contributed by atoms with Crippen molar-refractivity contribution in [3.63, 3.8) is 0 Å². The Morgan fingerprint density at radius 2 is 2.08 bits per heavy atom. The number of methoxy groups -OCH3 is 1. The van der Waals surface area contributed by atoms with Gasteiger partial charge >= 0.3 is 0 Å². The van der Waals surface area contributed by atoms with Gasteiger partial charge in [-0.3, -0.25) is 14.5 Å². The molecule has 0 atom stereocenters. The van der Waals surface area contributed by atoms with Gasteiger partial charge in [-0.2, -0.15) is 0 Å². The summed E-state index contributed by atoms with van der Waals surface area (Å²) in [5, 5.41) is -0.214. The Hall–Kier alpha value is -1.73. The summed E-state index contributed by atoms with van der Waals surface area (Å²) < 4.78 is 11.7. The fraction of sp³-hybridized carbons (Fsp3) is 0.368. The first-order chi connectivity index (χ1) is 12.5. The van der Waals surface area contributed by atoms with Gasteiger partial charge in [0.2, 0.25) is 0 Å². The van der Waals surface area contributed by atoms with Crippen LogP contribution >= 0.6 is 27.7 Å². The van der Waals surface area contributed by atoms with Crippen molar-refractivity contribution in [3.05, 3.63) is 39.7 Å². The predicted molar refractivity (Wildman–Crippen MR) is 109 cm³/mol. The van der Waals surface area contributed by atoms with E-state index in [9.17, 15) is 9.59 Å². The quantitative estimate of drug-likeness (QED) is 0.298. The summed E-state index contributed by atoms with van der Waals surface area (Å²) in [4.78, 5) is 26.3. The molecule has 0 radical (unpaired) electrons. The molecule has 1 aromatic carbocycles. The van der Waals surface area contributed by atoms with Gasteiger partial charge in [0.15, 0.2) is 11.5 Å². The fourth-order valence-electron chi connectivity index (χ4n) is 2.47. The van der Waals surface area contributed by atoms with E-state index in [-0.39, 0.29) is 11.1 Å². The highest BCUT2D eigenvalue weighted by atomic mass is 79.9. The summed E-state index contributed by atoms with van der Waals surface area (Å²) in [5.41, 5.74) is 0.749. The summed E-state index contributed by atoms with van der Waals surface area (Å²) in [5.74, 6) is 0.866. The van der Waals surface area contributed by atoms with Crippen LogP contribution in [0.4, 0.5) is 4.79 Å². The van der Waals surface area contributed by atoms with Gasteiger partial charge in [0.05, 0.1) is 16.5 Å². The fourth-order valence-corrected chi connectivity index (χ4v) is 3.91. The predicted octanol–water partition coefficient (Wildman–Crippen LogP) is 5.25. The Kier molecular flexibility index (Phi) is 7.78. The SMILES string of the molecule is C=CCOc1c(Br)cc(/C=C2\SC(=O)N(CCCCC)C2=O)cc1OC. The molecule has 0 aliphatic carbocycles. The molecule has 0 bridgehead atoms. The van der Waals surface area contributed by atoms with Crippen LogP contribution in [0.15, 0.2) is 34.2 Å². The van der Waals surface area contributed by atoms with Crippen molar-refractivity contribution in [1.29, 1.82) is 0 Å². The van der Waals surface area contributed by atoms with E-state index in [2.05, 4.69) is 29.4 Å². The molecule has 1 saturated heterocycles. The highest BCUT2D eigenvalue weighted by Crippen LogP contribution is 2.39. The minimum absolute atomic E-state index is 0.214. The Labute approximate surface area is 166 Å². The lowest BCUT2D eigenvalue weighted by atomic mass is 10.1. The maximum Gasteiger partial charge on any atom is 0.293 e. The monoisotopic (exact) mass is 439 g/mol. The zero-order chi connectivity index (χ0) is 19.1. The first kappa shape index (κ1) is 20.6. The van der Waals surface area contributed by atoms with Gasteiger partial charge in [0.1, 0.15) is 6.61 Å². The van der Waals surface area contributed by atoms with E-state index in [0.29, 0.717) is 34.0 Å². The maximum atomic E-state index is 12.5. The molecule has 1 aliphatic heterocycles. The summed E-state index contributed by atoms with van der Waals surface area (Å²) >= 11 is 4.43. The number of amides is 2. The Morgan fingerprint density at radius 1 is 1.31 bits per heavy atom. The second kappa shape index (κ2) is 9.83. The molecule has 0 unspecified atom stereocenters. The number of ether oxygens (including phenoxy) is 2. The average Bonchev–Trinajstić information content (AvgIpc) is 2.88. The lowest BCUT2D eigenvalue weighted by Gasteiger charge is -2.13. The van der Waals surface area contributed by atoms with E-state index in [1.807, 2.05) is 6.07 Å². The number of hydrogen-bond donors (Lipinski definition) is 0. The summed E-state index contributed by atoms with van der Waals surface area (Å²) in [6.45, 7) is 6.53. The van der Waals surface area contributed by atoms with Gasteiger partial charge in [0.25, 0.3) is 11.1 Å². The molecule has 1 fully saturated rings. The first-order valence-corrected chi connectivity index (χ1v) is 9.99. The highest BCUT2D eigenvalue weighted by Gasteiger charge is 2.34. The third-order valence-corrected chi connectivity index (χ3v) is 5.25. The van der Waals surface area contributed by atoms with E-state index in [1.165, 1.54) is 4.90 Å². The lowest BCUT2D eigenvalue weighted by Crippen LogP contribution is -2.29. The molecule has 5 nitrogen and oxygen atoms in total. The molecule has 0 saturated carbocycles. The zero-order valence-electron chi connectivity index (χ0n) is 14.9. The number of rotatable bonds is 9. The van der Waals surface area contributed by atoms with Crippen molar-refractivity contribution in [2.24, 2.45) is 0 Å². The molecule has 0 spiro atoms. The maximum absolute atomic E-state index is 12.5. The Morgan fingerprint density at radius 3 is 2.73 bits per heavy atom. The molecular weight excluding hydrogens is 418 g/mol. The minimum Gasteiger partial charge on any atom is -0.493 e. The number of unbranched alkanes of at least 4 members (excludes halogenated alkanes) is 2. The van der Waals surface area contributed by atoms with Crippen molar-refractivity contribution in [2.45, 2.75) is 26.2 Å². The molecule has 26 heavy (non-hydrogen) atoms. The van der Waals surface area contributed by atoms with Crippen LogP contribution in [0.2, 0.25) is 0 Å². The molecule has 0 aromatic heterocycles.